The van der Waals surface area contributed by atoms with Crippen molar-refractivity contribution in [2.24, 2.45) is 5.92 Å². The lowest BCUT2D eigenvalue weighted by Gasteiger charge is -2.24. The van der Waals surface area contributed by atoms with E-state index in [1.807, 2.05) is 0 Å². The molecule has 3 atom stereocenters. The first-order chi connectivity index (χ1) is 7.92. The zero-order valence-corrected chi connectivity index (χ0v) is 10.2. The summed E-state index contributed by atoms with van der Waals surface area (Å²) in [7, 11) is 0. The smallest absolute Gasteiger partial charge is 0.0588 e. The van der Waals surface area contributed by atoms with Gasteiger partial charge in [-0.05, 0) is 44.6 Å². The monoisotopic (exact) mass is 224 g/mol. The fourth-order valence-corrected chi connectivity index (χ4v) is 3.52. The second-order valence-electron chi connectivity index (χ2n) is 5.65. The topological polar surface area (TPSA) is 24.5 Å². The molecule has 1 N–H and O–H groups in total. The third-order valence-electron chi connectivity index (χ3n) is 4.47. The molecule has 3 aliphatic rings. The molecule has 3 saturated heterocycles. The molecule has 3 fully saturated rings. The van der Waals surface area contributed by atoms with Gasteiger partial charge in [-0.3, -0.25) is 0 Å². The van der Waals surface area contributed by atoms with Crippen molar-refractivity contribution in [2.45, 2.75) is 44.2 Å². The molecule has 0 bridgehead atoms. The van der Waals surface area contributed by atoms with Gasteiger partial charge in [0, 0.05) is 32.3 Å². The normalized spacial score (nSPS) is 40.1. The predicted octanol–water partition coefficient (Wildman–Crippen LogP) is 1.24. The van der Waals surface area contributed by atoms with Crippen LogP contribution in [0.4, 0.5) is 0 Å². The van der Waals surface area contributed by atoms with Crippen LogP contribution in [-0.4, -0.2) is 49.8 Å². The van der Waals surface area contributed by atoms with Crippen molar-refractivity contribution in [2.75, 3.05) is 32.8 Å². The van der Waals surface area contributed by atoms with Gasteiger partial charge < -0.3 is 15.0 Å². The second-order valence-corrected chi connectivity index (χ2v) is 5.65. The highest BCUT2D eigenvalue weighted by Gasteiger charge is 2.34. The molecule has 0 aromatic rings. The Morgan fingerprint density at radius 1 is 1.19 bits per heavy atom. The van der Waals surface area contributed by atoms with Gasteiger partial charge in [0.05, 0.1) is 6.10 Å². The van der Waals surface area contributed by atoms with Gasteiger partial charge in [0.1, 0.15) is 0 Å². The molecule has 0 amide bonds. The molecular formula is C13H24N2O. The molecule has 3 nitrogen and oxygen atoms in total. The number of hydrogen-bond donors (Lipinski definition) is 1. The van der Waals surface area contributed by atoms with E-state index < -0.39 is 0 Å². The van der Waals surface area contributed by atoms with Gasteiger partial charge >= 0.3 is 0 Å². The number of rotatable bonds is 3. The largest absolute Gasteiger partial charge is 0.378 e. The average molecular weight is 224 g/mol. The van der Waals surface area contributed by atoms with Crippen LogP contribution in [-0.2, 0) is 4.74 Å². The number of piperidine rings is 1. The van der Waals surface area contributed by atoms with E-state index in [0.29, 0.717) is 6.10 Å². The highest BCUT2D eigenvalue weighted by atomic mass is 16.5. The maximum absolute atomic E-state index is 5.69. The number of fused-ring (bicyclic) bond motifs is 1. The first-order valence-electron chi connectivity index (χ1n) is 6.99. The average Bonchev–Trinajstić information content (AvgIpc) is 2.95. The Bertz CT molecular complexity index is 214. The first-order valence-corrected chi connectivity index (χ1v) is 6.99. The van der Waals surface area contributed by atoms with Crippen molar-refractivity contribution in [3.63, 3.8) is 0 Å². The van der Waals surface area contributed by atoms with Crippen LogP contribution in [0.15, 0.2) is 0 Å². The van der Waals surface area contributed by atoms with Crippen LogP contribution in [0.1, 0.15) is 32.1 Å². The Hall–Kier alpha value is -0.120. The summed E-state index contributed by atoms with van der Waals surface area (Å²) in [5, 5.41) is 3.67. The standard InChI is InChI=1S/C13H24N2O/c1-3-11-9-15(10-13(11)14-6-1)7-5-12-4-2-8-16-12/h11-14H,1-10H2/t11-,12?,13+/m0/s1. The lowest BCUT2D eigenvalue weighted by molar-refractivity contribution is 0.0944. The third kappa shape index (κ3) is 2.41. The minimum absolute atomic E-state index is 0.565. The van der Waals surface area contributed by atoms with Crippen LogP contribution in [0, 0.1) is 5.92 Å². The molecule has 0 radical (unpaired) electrons. The molecule has 0 aromatic heterocycles. The highest BCUT2D eigenvalue weighted by molar-refractivity contribution is 4.91. The predicted molar refractivity (Wildman–Crippen MR) is 64.5 cm³/mol. The fourth-order valence-electron chi connectivity index (χ4n) is 3.52. The van der Waals surface area contributed by atoms with E-state index in [-0.39, 0.29) is 0 Å². The summed E-state index contributed by atoms with van der Waals surface area (Å²) in [6, 6.07) is 0.790. The number of nitrogens with zero attached hydrogens (tertiary/aromatic N) is 1. The van der Waals surface area contributed by atoms with Crippen LogP contribution in [0.2, 0.25) is 0 Å². The number of nitrogens with one attached hydrogen (secondary N) is 1. The zero-order chi connectivity index (χ0) is 10.8. The van der Waals surface area contributed by atoms with Gasteiger partial charge in [-0.1, -0.05) is 0 Å². The summed E-state index contributed by atoms with van der Waals surface area (Å²) in [6.45, 7) is 6.08. The molecule has 16 heavy (non-hydrogen) atoms. The van der Waals surface area contributed by atoms with Crippen LogP contribution >= 0.6 is 0 Å². The van der Waals surface area contributed by atoms with Gasteiger partial charge in [0.2, 0.25) is 0 Å². The Kier molecular flexibility index (Phi) is 3.46. The highest BCUT2D eigenvalue weighted by Crippen LogP contribution is 2.25. The molecule has 3 aliphatic heterocycles. The zero-order valence-electron chi connectivity index (χ0n) is 10.2. The van der Waals surface area contributed by atoms with E-state index in [2.05, 4.69) is 10.2 Å². The minimum Gasteiger partial charge on any atom is -0.378 e. The van der Waals surface area contributed by atoms with Crippen LogP contribution < -0.4 is 5.32 Å². The van der Waals surface area contributed by atoms with E-state index in [1.54, 1.807) is 0 Å². The molecule has 0 aromatic carbocycles. The summed E-state index contributed by atoms with van der Waals surface area (Å²) in [6.07, 6.45) is 7.20. The molecule has 0 saturated carbocycles. The molecule has 1 unspecified atom stereocenters. The second kappa shape index (κ2) is 5.03. The molecule has 3 rings (SSSR count). The Morgan fingerprint density at radius 3 is 3.00 bits per heavy atom. The van der Waals surface area contributed by atoms with Crippen molar-refractivity contribution in [1.82, 2.24) is 10.2 Å². The van der Waals surface area contributed by atoms with Crippen LogP contribution in [0.5, 0.6) is 0 Å². The van der Waals surface area contributed by atoms with E-state index >= 15 is 0 Å². The van der Waals surface area contributed by atoms with Gasteiger partial charge in [0.15, 0.2) is 0 Å². The SMILES string of the molecule is C1COC(CCN2C[C@@H]3CCCN[C@@H]3C2)C1. The summed E-state index contributed by atoms with van der Waals surface area (Å²) >= 11 is 0. The van der Waals surface area contributed by atoms with E-state index in [9.17, 15) is 0 Å². The van der Waals surface area contributed by atoms with Crippen LogP contribution in [0.3, 0.4) is 0 Å². The lowest BCUT2D eigenvalue weighted by atomic mass is 9.94. The molecule has 3 heterocycles. The van der Waals surface area contributed by atoms with Crippen molar-refractivity contribution in [3.8, 4) is 0 Å². The molecule has 92 valence electrons. The van der Waals surface area contributed by atoms with Crippen molar-refractivity contribution < 1.29 is 4.74 Å². The molecule has 0 spiro atoms. The molecular weight excluding hydrogens is 200 g/mol. The molecule has 3 heteroatoms. The lowest BCUT2D eigenvalue weighted by Crippen LogP contribution is -2.40. The van der Waals surface area contributed by atoms with E-state index in [4.69, 9.17) is 4.74 Å². The maximum Gasteiger partial charge on any atom is 0.0588 e. The van der Waals surface area contributed by atoms with Gasteiger partial charge in [-0.25, -0.2) is 0 Å². The maximum atomic E-state index is 5.69. The van der Waals surface area contributed by atoms with Crippen molar-refractivity contribution >= 4 is 0 Å². The van der Waals surface area contributed by atoms with Crippen molar-refractivity contribution in [3.05, 3.63) is 0 Å². The van der Waals surface area contributed by atoms with Crippen LogP contribution in [0.25, 0.3) is 0 Å². The number of likely N-dealkylation sites (tertiary alicyclic amines) is 1. The number of ether oxygens (including phenoxy) is 1. The Balaban J connectivity index is 1.42. The summed E-state index contributed by atoms with van der Waals surface area (Å²) in [5.74, 6) is 0.929. The Morgan fingerprint density at radius 2 is 2.19 bits per heavy atom. The van der Waals surface area contributed by atoms with Crippen molar-refractivity contribution in [1.29, 1.82) is 0 Å². The van der Waals surface area contributed by atoms with Gasteiger partial charge in [0.25, 0.3) is 0 Å². The minimum atomic E-state index is 0.565. The van der Waals surface area contributed by atoms with Gasteiger partial charge in [-0.15, -0.1) is 0 Å². The summed E-state index contributed by atoms with van der Waals surface area (Å²) in [5.41, 5.74) is 0. The number of hydrogen-bond acceptors (Lipinski definition) is 3. The first kappa shape index (κ1) is 11.0. The third-order valence-corrected chi connectivity index (χ3v) is 4.47. The van der Waals surface area contributed by atoms with E-state index in [0.717, 1.165) is 18.6 Å². The summed E-state index contributed by atoms with van der Waals surface area (Å²) < 4.78 is 5.69. The van der Waals surface area contributed by atoms with E-state index in [1.165, 1.54) is 58.3 Å². The summed E-state index contributed by atoms with van der Waals surface area (Å²) in [4.78, 5) is 2.65. The fraction of sp³-hybridized carbons (Fsp3) is 1.00. The van der Waals surface area contributed by atoms with Gasteiger partial charge in [-0.2, -0.15) is 0 Å². The quantitative estimate of drug-likeness (QED) is 0.780. The Labute approximate surface area is 98.5 Å². The molecule has 0 aliphatic carbocycles.